The van der Waals surface area contributed by atoms with Crippen LogP contribution in [0.1, 0.15) is 16.7 Å². The number of carbonyl (C=O) groups is 1. The summed E-state index contributed by atoms with van der Waals surface area (Å²) < 4.78 is 37.9. The molecule has 0 saturated carbocycles. The van der Waals surface area contributed by atoms with Crippen LogP contribution in [0, 0.1) is 13.8 Å². The van der Waals surface area contributed by atoms with E-state index in [1.54, 1.807) is 6.07 Å². The van der Waals surface area contributed by atoms with Gasteiger partial charge in [-0.1, -0.05) is 23.8 Å². The minimum absolute atomic E-state index is 0.116. The lowest BCUT2D eigenvalue weighted by atomic mass is 10.1. The van der Waals surface area contributed by atoms with E-state index in [4.69, 9.17) is 0 Å². The molecule has 2 N–H and O–H groups in total. The van der Waals surface area contributed by atoms with Crippen molar-refractivity contribution in [3.8, 4) is 0 Å². The lowest BCUT2D eigenvalue weighted by molar-refractivity contribution is -0.137. The van der Waals surface area contributed by atoms with Gasteiger partial charge in [0.15, 0.2) is 0 Å². The Kier molecular flexibility index (Phi) is 4.93. The Hall–Kier alpha value is -2.50. The van der Waals surface area contributed by atoms with Crippen molar-refractivity contribution >= 4 is 17.3 Å². The van der Waals surface area contributed by atoms with E-state index in [-0.39, 0.29) is 18.1 Å². The average Bonchev–Trinajstić information content (AvgIpc) is 2.47. The third kappa shape index (κ3) is 4.74. The maximum atomic E-state index is 12.6. The van der Waals surface area contributed by atoms with Crippen LogP contribution in [0.3, 0.4) is 0 Å². The highest BCUT2D eigenvalue weighted by molar-refractivity contribution is 5.94. The summed E-state index contributed by atoms with van der Waals surface area (Å²) in [5.41, 5.74) is 2.19. The first-order valence-corrected chi connectivity index (χ1v) is 7.04. The Morgan fingerprint density at radius 3 is 2.48 bits per heavy atom. The van der Waals surface area contributed by atoms with Gasteiger partial charge < -0.3 is 10.6 Å². The second-order valence-electron chi connectivity index (χ2n) is 5.30. The molecule has 0 fully saturated rings. The quantitative estimate of drug-likeness (QED) is 0.877. The topological polar surface area (TPSA) is 41.1 Å². The van der Waals surface area contributed by atoms with Crippen molar-refractivity contribution in [3.05, 3.63) is 59.2 Å². The summed E-state index contributed by atoms with van der Waals surface area (Å²) in [5, 5.41) is 5.42. The van der Waals surface area contributed by atoms with E-state index in [0.717, 1.165) is 23.3 Å². The molecule has 122 valence electrons. The lowest BCUT2D eigenvalue weighted by Crippen LogP contribution is -2.22. The van der Waals surface area contributed by atoms with Gasteiger partial charge in [-0.25, -0.2) is 0 Å². The summed E-state index contributed by atoms with van der Waals surface area (Å²) in [6, 6.07) is 10.4. The Morgan fingerprint density at radius 2 is 1.83 bits per heavy atom. The van der Waals surface area contributed by atoms with Crippen LogP contribution in [0.15, 0.2) is 42.5 Å². The summed E-state index contributed by atoms with van der Waals surface area (Å²) in [6.45, 7) is 3.71. The molecule has 2 aromatic rings. The van der Waals surface area contributed by atoms with Crippen molar-refractivity contribution in [1.29, 1.82) is 0 Å². The van der Waals surface area contributed by atoms with Crippen LogP contribution in [-0.2, 0) is 11.0 Å². The predicted octanol–water partition coefficient (Wildman–Crippen LogP) is 4.37. The number of halogens is 3. The average molecular weight is 322 g/mol. The minimum atomic E-state index is -4.40. The molecular weight excluding hydrogens is 305 g/mol. The van der Waals surface area contributed by atoms with Gasteiger partial charge in [0.05, 0.1) is 12.1 Å². The van der Waals surface area contributed by atoms with E-state index in [1.807, 2.05) is 26.0 Å². The van der Waals surface area contributed by atoms with Crippen LogP contribution in [0.25, 0.3) is 0 Å². The maximum Gasteiger partial charge on any atom is 0.416 e. The van der Waals surface area contributed by atoms with E-state index in [1.165, 1.54) is 12.1 Å². The van der Waals surface area contributed by atoms with Crippen molar-refractivity contribution in [1.82, 2.24) is 0 Å². The number of amides is 1. The Morgan fingerprint density at radius 1 is 1.09 bits per heavy atom. The van der Waals surface area contributed by atoms with Crippen LogP contribution in [0.4, 0.5) is 24.5 Å². The van der Waals surface area contributed by atoms with Crippen LogP contribution < -0.4 is 10.6 Å². The zero-order valence-corrected chi connectivity index (χ0v) is 12.8. The standard InChI is InChI=1S/C17H17F3N2O/c1-11-6-7-15(12(2)8-11)22-16(23)10-21-14-5-3-4-13(9-14)17(18,19)20/h3-9,21H,10H2,1-2H3,(H,22,23). The van der Waals surface area contributed by atoms with Gasteiger partial charge >= 0.3 is 6.18 Å². The fourth-order valence-corrected chi connectivity index (χ4v) is 2.14. The summed E-state index contributed by atoms with van der Waals surface area (Å²) in [5.74, 6) is -0.325. The summed E-state index contributed by atoms with van der Waals surface area (Å²) in [6.07, 6.45) is -4.40. The Bertz CT molecular complexity index is 711. The van der Waals surface area contributed by atoms with Crippen molar-refractivity contribution < 1.29 is 18.0 Å². The fraction of sp³-hybridized carbons (Fsp3) is 0.235. The van der Waals surface area contributed by atoms with E-state index in [9.17, 15) is 18.0 Å². The predicted molar refractivity (Wildman–Crippen MR) is 84.5 cm³/mol. The monoisotopic (exact) mass is 322 g/mol. The Labute approximate surface area is 132 Å². The second-order valence-corrected chi connectivity index (χ2v) is 5.30. The SMILES string of the molecule is Cc1ccc(NC(=O)CNc2cccc(C(F)(F)F)c2)c(C)c1. The largest absolute Gasteiger partial charge is 0.416 e. The molecule has 0 aromatic heterocycles. The van der Waals surface area contributed by atoms with Crippen molar-refractivity contribution in [2.75, 3.05) is 17.2 Å². The van der Waals surface area contributed by atoms with Gasteiger partial charge in [0, 0.05) is 11.4 Å². The normalized spacial score (nSPS) is 11.2. The molecule has 0 aliphatic carbocycles. The number of nitrogens with one attached hydrogen (secondary N) is 2. The fourth-order valence-electron chi connectivity index (χ4n) is 2.14. The molecule has 0 atom stereocenters. The van der Waals surface area contributed by atoms with Gasteiger partial charge in [-0.15, -0.1) is 0 Å². The van der Waals surface area contributed by atoms with E-state index in [2.05, 4.69) is 10.6 Å². The number of hydrogen-bond donors (Lipinski definition) is 2. The Balaban J connectivity index is 1.97. The number of anilines is 2. The number of rotatable bonds is 4. The smallest absolute Gasteiger partial charge is 0.376 e. The molecule has 0 saturated heterocycles. The number of hydrogen-bond acceptors (Lipinski definition) is 2. The van der Waals surface area contributed by atoms with Gasteiger partial charge in [0.25, 0.3) is 0 Å². The van der Waals surface area contributed by atoms with Crippen LogP contribution >= 0.6 is 0 Å². The summed E-state index contributed by atoms with van der Waals surface area (Å²) in [4.78, 5) is 11.9. The van der Waals surface area contributed by atoms with Crippen molar-refractivity contribution in [3.63, 3.8) is 0 Å². The highest BCUT2D eigenvalue weighted by Gasteiger charge is 2.30. The van der Waals surface area contributed by atoms with E-state index in [0.29, 0.717) is 5.69 Å². The van der Waals surface area contributed by atoms with Crippen molar-refractivity contribution in [2.45, 2.75) is 20.0 Å². The molecule has 1 amide bonds. The minimum Gasteiger partial charge on any atom is -0.376 e. The molecule has 0 spiro atoms. The first kappa shape index (κ1) is 16.9. The lowest BCUT2D eigenvalue weighted by Gasteiger charge is -2.12. The molecule has 2 aromatic carbocycles. The molecule has 6 heteroatoms. The van der Waals surface area contributed by atoms with Crippen LogP contribution in [0.5, 0.6) is 0 Å². The van der Waals surface area contributed by atoms with Crippen molar-refractivity contribution in [2.24, 2.45) is 0 Å². The summed E-state index contributed by atoms with van der Waals surface area (Å²) >= 11 is 0. The third-order valence-corrected chi connectivity index (χ3v) is 3.30. The van der Waals surface area contributed by atoms with Gasteiger partial charge in [-0.3, -0.25) is 4.79 Å². The van der Waals surface area contributed by atoms with Gasteiger partial charge in [0.2, 0.25) is 5.91 Å². The third-order valence-electron chi connectivity index (χ3n) is 3.30. The van der Waals surface area contributed by atoms with Crippen LogP contribution in [0.2, 0.25) is 0 Å². The van der Waals surface area contributed by atoms with Gasteiger partial charge in [-0.05, 0) is 43.7 Å². The molecule has 3 nitrogen and oxygen atoms in total. The highest BCUT2D eigenvalue weighted by atomic mass is 19.4. The summed E-state index contributed by atoms with van der Waals surface area (Å²) in [7, 11) is 0. The molecule has 0 aliphatic rings. The molecule has 23 heavy (non-hydrogen) atoms. The highest BCUT2D eigenvalue weighted by Crippen LogP contribution is 2.30. The van der Waals surface area contributed by atoms with E-state index < -0.39 is 11.7 Å². The number of benzene rings is 2. The number of carbonyl (C=O) groups excluding carboxylic acids is 1. The molecule has 2 rings (SSSR count). The van der Waals surface area contributed by atoms with Gasteiger partial charge in [0.1, 0.15) is 0 Å². The molecule has 0 unspecified atom stereocenters. The second kappa shape index (κ2) is 6.73. The molecular formula is C17H17F3N2O. The maximum absolute atomic E-state index is 12.6. The molecule has 0 heterocycles. The van der Waals surface area contributed by atoms with Crippen LogP contribution in [-0.4, -0.2) is 12.5 Å². The van der Waals surface area contributed by atoms with E-state index >= 15 is 0 Å². The zero-order chi connectivity index (χ0) is 17.0. The first-order valence-electron chi connectivity index (χ1n) is 7.04. The first-order chi connectivity index (χ1) is 10.8. The molecule has 0 radical (unpaired) electrons. The molecule has 0 aliphatic heterocycles. The molecule has 0 bridgehead atoms. The zero-order valence-electron chi connectivity index (χ0n) is 12.8. The number of alkyl halides is 3. The van der Waals surface area contributed by atoms with Gasteiger partial charge in [-0.2, -0.15) is 13.2 Å². The number of aryl methyl sites for hydroxylation is 2.